The van der Waals surface area contributed by atoms with E-state index in [1.54, 1.807) is 6.07 Å². The zero-order valence-corrected chi connectivity index (χ0v) is 11.3. The van der Waals surface area contributed by atoms with Gasteiger partial charge >= 0.3 is 0 Å². The first-order valence-electron chi connectivity index (χ1n) is 6.69. The fourth-order valence-electron chi connectivity index (χ4n) is 2.44. The average molecular weight is 273 g/mol. The van der Waals surface area contributed by atoms with E-state index < -0.39 is 5.82 Å². The van der Waals surface area contributed by atoms with Crippen molar-refractivity contribution in [2.75, 3.05) is 12.4 Å². The molecule has 0 saturated carbocycles. The van der Waals surface area contributed by atoms with Crippen LogP contribution < -0.4 is 10.1 Å². The summed E-state index contributed by atoms with van der Waals surface area (Å²) in [6.07, 6.45) is 9.13. The Kier molecular flexibility index (Phi) is 3.50. The minimum absolute atomic E-state index is 0.203. The Hall–Kier alpha value is -2.17. The number of hydrogen-bond donors (Lipinski definition) is 1. The Morgan fingerprint density at radius 1 is 1.35 bits per heavy atom. The van der Waals surface area contributed by atoms with Crippen LogP contribution in [-0.4, -0.2) is 23.1 Å². The second-order valence-electron chi connectivity index (χ2n) is 4.84. The van der Waals surface area contributed by atoms with Gasteiger partial charge in [-0.2, -0.15) is 0 Å². The topological polar surface area (TPSA) is 47.0 Å². The summed E-state index contributed by atoms with van der Waals surface area (Å²) in [5, 5.41) is 4.15. The molecule has 5 heteroatoms. The second kappa shape index (κ2) is 5.45. The highest BCUT2D eigenvalue weighted by Crippen LogP contribution is 2.28. The Labute approximate surface area is 116 Å². The quantitative estimate of drug-likeness (QED) is 0.872. The third-order valence-corrected chi connectivity index (χ3v) is 3.49. The molecule has 0 bridgehead atoms. The second-order valence-corrected chi connectivity index (χ2v) is 4.84. The molecule has 1 N–H and O–H groups in total. The van der Waals surface area contributed by atoms with Gasteiger partial charge in [-0.3, -0.25) is 0 Å². The van der Waals surface area contributed by atoms with Crippen LogP contribution in [0.2, 0.25) is 0 Å². The Balaban J connectivity index is 2.01. The molecule has 0 amide bonds. The van der Waals surface area contributed by atoms with Crippen molar-refractivity contribution in [2.24, 2.45) is 0 Å². The SMILES string of the molecule is COc1cc2c(NC3C=CCCC3)ncnc2cc1F. The molecule has 0 spiro atoms. The number of nitrogens with zero attached hydrogens (tertiary/aromatic N) is 2. The molecule has 3 rings (SSSR count). The molecule has 1 aromatic carbocycles. The zero-order chi connectivity index (χ0) is 13.9. The lowest BCUT2D eigenvalue weighted by molar-refractivity contribution is 0.387. The van der Waals surface area contributed by atoms with Gasteiger partial charge in [0.1, 0.15) is 12.1 Å². The van der Waals surface area contributed by atoms with E-state index in [-0.39, 0.29) is 11.8 Å². The molecule has 1 aliphatic rings. The normalized spacial score (nSPS) is 18.2. The van der Waals surface area contributed by atoms with Crippen LogP contribution in [0.1, 0.15) is 19.3 Å². The number of aromatic nitrogens is 2. The van der Waals surface area contributed by atoms with E-state index in [1.165, 1.54) is 19.5 Å². The summed E-state index contributed by atoms with van der Waals surface area (Å²) in [5.41, 5.74) is 0.570. The number of rotatable bonds is 3. The van der Waals surface area contributed by atoms with Gasteiger partial charge in [-0.15, -0.1) is 0 Å². The van der Waals surface area contributed by atoms with Crippen LogP contribution in [0, 0.1) is 5.82 Å². The molecule has 4 nitrogen and oxygen atoms in total. The number of hydrogen-bond acceptors (Lipinski definition) is 4. The molecular formula is C15H16FN3O. The molecule has 1 aliphatic carbocycles. The van der Waals surface area contributed by atoms with Gasteiger partial charge in [0.15, 0.2) is 11.6 Å². The molecule has 20 heavy (non-hydrogen) atoms. The maximum absolute atomic E-state index is 13.7. The van der Waals surface area contributed by atoms with E-state index in [9.17, 15) is 4.39 Å². The molecule has 0 fully saturated rings. The van der Waals surface area contributed by atoms with Gasteiger partial charge < -0.3 is 10.1 Å². The first-order chi connectivity index (χ1) is 9.78. The van der Waals surface area contributed by atoms with Crippen molar-refractivity contribution in [1.82, 2.24) is 9.97 Å². The first kappa shape index (κ1) is 12.8. The van der Waals surface area contributed by atoms with Gasteiger partial charge in [-0.25, -0.2) is 14.4 Å². The van der Waals surface area contributed by atoms with Crippen LogP contribution in [0.5, 0.6) is 5.75 Å². The number of benzene rings is 1. The highest BCUT2D eigenvalue weighted by Gasteiger charge is 2.13. The van der Waals surface area contributed by atoms with Crippen molar-refractivity contribution in [2.45, 2.75) is 25.3 Å². The fraction of sp³-hybridized carbons (Fsp3) is 0.333. The van der Waals surface area contributed by atoms with Crippen LogP contribution in [0.25, 0.3) is 10.9 Å². The summed E-state index contributed by atoms with van der Waals surface area (Å²) in [5.74, 6) is 0.501. The van der Waals surface area contributed by atoms with Crippen LogP contribution in [0.15, 0.2) is 30.6 Å². The van der Waals surface area contributed by atoms with E-state index in [0.717, 1.165) is 24.6 Å². The molecule has 2 aromatic rings. The summed E-state index contributed by atoms with van der Waals surface area (Å²) in [6.45, 7) is 0. The van der Waals surface area contributed by atoms with E-state index in [2.05, 4.69) is 27.4 Å². The Morgan fingerprint density at radius 2 is 2.25 bits per heavy atom. The Bertz CT molecular complexity index is 657. The number of allylic oxidation sites excluding steroid dienone is 1. The minimum Gasteiger partial charge on any atom is -0.494 e. The lowest BCUT2D eigenvalue weighted by Crippen LogP contribution is -2.19. The lowest BCUT2D eigenvalue weighted by atomic mass is 10.0. The van der Waals surface area contributed by atoms with Gasteiger partial charge in [0.05, 0.1) is 12.6 Å². The molecule has 0 aliphatic heterocycles. The minimum atomic E-state index is -0.415. The molecule has 0 radical (unpaired) electrons. The molecule has 0 saturated heterocycles. The average Bonchev–Trinajstić information content (AvgIpc) is 2.48. The van der Waals surface area contributed by atoms with Gasteiger partial charge in [-0.1, -0.05) is 12.2 Å². The van der Waals surface area contributed by atoms with Crippen molar-refractivity contribution in [3.63, 3.8) is 0 Å². The predicted octanol–water partition coefficient (Wildman–Crippen LogP) is 3.30. The highest BCUT2D eigenvalue weighted by atomic mass is 19.1. The van der Waals surface area contributed by atoms with Crippen LogP contribution >= 0.6 is 0 Å². The summed E-state index contributed by atoms with van der Waals surface area (Å²) >= 11 is 0. The summed E-state index contributed by atoms with van der Waals surface area (Å²) < 4.78 is 18.7. The molecular weight excluding hydrogens is 257 g/mol. The van der Waals surface area contributed by atoms with E-state index in [4.69, 9.17) is 4.74 Å². The van der Waals surface area contributed by atoms with Crippen LogP contribution in [-0.2, 0) is 0 Å². The fourth-order valence-corrected chi connectivity index (χ4v) is 2.44. The third-order valence-electron chi connectivity index (χ3n) is 3.49. The molecule has 1 heterocycles. The highest BCUT2D eigenvalue weighted by molar-refractivity contribution is 5.90. The van der Waals surface area contributed by atoms with E-state index in [0.29, 0.717) is 11.3 Å². The molecule has 1 aromatic heterocycles. The maximum atomic E-state index is 13.7. The predicted molar refractivity (Wildman–Crippen MR) is 76.4 cm³/mol. The third kappa shape index (κ3) is 2.43. The van der Waals surface area contributed by atoms with Gasteiger partial charge in [0.25, 0.3) is 0 Å². The number of anilines is 1. The van der Waals surface area contributed by atoms with Gasteiger partial charge in [-0.05, 0) is 25.3 Å². The molecule has 1 atom stereocenters. The summed E-state index contributed by atoms with van der Waals surface area (Å²) in [7, 11) is 1.45. The van der Waals surface area contributed by atoms with Gasteiger partial charge in [0, 0.05) is 17.5 Å². The number of halogens is 1. The van der Waals surface area contributed by atoms with E-state index in [1.807, 2.05) is 0 Å². The molecule has 1 unspecified atom stereocenters. The van der Waals surface area contributed by atoms with Gasteiger partial charge in [0.2, 0.25) is 0 Å². The maximum Gasteiger partial charge on any atom is 0.167 e. The van der Waals surface area contributed by atoms with Crippen molar-refractivity contribution >= 4 is 16.7 Å². The Morgan fingerprint density at radius 3 is 3.00 bits per heavy atom. The lowest BCUT2D eigenvalue weighted by Gasteiger charge is -2.19. The standard InChI is InChI=1S/C15H16FN3O/c1-20-14-7-11-13(8-12(14)16)17-9-18-15(11)19-10-5-3-2-4-6-10/h3,5,7-10H,2,4,6H2,1H3,(H,17,18,19). The van der Waals surface area contributed by atoms with E-state index >= 15 is 0 Å². The summed E-state index contributed by atoms with van der Waals surface area (Å²) in [6, 6.07) is 3.27. The number of ether oxygens (including phenoxy) is 1. The first-order valence-corrected chi connectivity index (χ1v) is 6.69. The summed E-state index contributed by atoms with van der Waals surface area (Å²) in [4.78, 5) is 8.38. The van der Waals surface area contributed by atoms with Crippen LogP contribution in [0.3, 0.4) is 0 Å². The van der Waals surface area contributed by atoms with Crippen molar-refractivity contribution < 1.29 is 9.13 Å². The smallest absolute Gasteiger partial charge is 0.167 e. The number of fused-ring (bicyclic) bond motifs is 1. The number of nitrogens with one attached hydrogen (secondary N) is 1. The van der Waals surface area contributed by atoms with Crippen molar-refractivity contribution in [1.29, 1.82) is 0 Å². The monoisotopic (exact) mass is 273 g/mol. The molecule has 104 valence electrons. The van der Waals surface area contributed by atoms with Crippen LogP contribution in [0.4, 0.5) is 10.2 Å². The largest absolute Gasteiger partial charge is 0.494 e. The van der Waals surface area contributed by atoms with Crippen molar-refractivity contribution in [3.8, 4) is 5.75 Å². The number of methoxy groups -OCH3 is 1. The van der Waals surface area contributed by atoms with Crippen molar-refractivity contribution in [3.05, 3.63) is 36.4 Å². The zero-order valence-electron chi connectivity index (χ0n) is 11.3.